The molecule has 1 amide bonds. The number of hydrogen-bond acceptors (Lipinski definition) is 9. The number of benzene rings is 3. The van der Waals surface area contributed by atoms with Crippen LogP contribution in [0.1, 0.15) is 17.5 Å². The fraction of sp³-hybridized carbons (Fsp3) is 0.265. The topological polar surface area (TPSA) is 137 Å². The third kappa shape index (κ3) is 6.59. The van der Waals surface area contributed by atoms with Gasteiger partial charge in [0.15, 0.2) is 11.5 Å². The number of aromatic hydroxyl groups is 1. The van der Waals surface area contributed by atoms with Crippen LogP contribution in [0.5, 0.6) is 17.2 Å². The number of carbonyl (C=O) groups excluding carboxylic acids is 1. The van der Waals surface area contributed by atoms with Crippen molar-refractivity contribution in [1.29, 1.82) is 5.26 Å². The lowest BCUT2D eigenvalue weighted by molar-refractivity contribution is -0.116. The number of piperazine rings is 1. The molecule has 2 aliphatic rings. The molecule has 0 spiro atoms. The fourth-order valence-corrected chi connectivity index (χ4v) is 5.60. The molecule has 1 aromatic heterocycles. The molecule has 0 unspecified atom stereocenters. The molecular formula is C34H34N6O4. The average Bonchev–Trinajstić information content (AvgIpc) is 3.04. The van der Waals surface area contributed by atoms with Crippen molar-refractivity contribution < 1.29 is 19.4 Å². The number of pyridine rings is 1. The van der Waals surface area contributed by atoms with Crippen LogP contribution in [0.15, 0.2) is 72.8 Å². The van der Waals surface area contributed by atoms with E-state index in [1.165, 1.54) is 5.56 Å². The number of para-hydroxylation sites is 1. The highest BCUT2D eigenvalue weighted by atomic mass is 16.6. The third-order valence-electron chi connectivity index (χ3n) is 7.93. The number of rotatable bonds is 8. The summed E-state index contributed by atoms with van der Waals surface area (Å²) in [6.07, 6.45) is 0.371. The number of nitriles is 1. The lowest BCUT2D eigenvalue weighted by atomic mass is 9.97. The van der Waals surface area contributed by atoms with Crippen LogP contribution in [-0.4, -0.2) is 71.7 Å². The molecule has 3 heterocycles. The Balaban J connectivity index is 1.04. The second-order valence-corrected chi connectivity index (χ2v) is 10.9. The molecule has 0 atom stereocenters. The van der Waals surface area contributed by atoms with Gasteiger partial charge in [0.05, 0.1) is 5.69 Å². The second-order valence-electron chi connectivity index (χ2n) is 10.9. The van der Waals surface area contributed by atoms with Crippen LogP contribution in [-0.2, 0) is 11.3 Å². The van der Waals surface area contributed by atoms with E-state index >= 15 is 0 Å². The number of nitrogens with one attached hydrogen (secondary N) is 1. The standard InChI is InChI=1S/C34H34N6O4/c35-21-28-27(20-29(38-34(28)36)26-6-1-2-7-30(26)41)24-4-3-5-25(19-24)37-33(42)10-11-39-12-14-40(15-13-39)22-23-8-9-31-32(18-23)44-17-16-43-31/h1-9,18-20,41H,10-17,22H2,(H2,36,38)(H,37,42). The van der Waals surface area contributed by atoms with Crippen LogP contribution in [0.4, 0.5) is 11.5 Å². The Bertz CT molecular complexity index is 1710. The van der Waals surface area contributed by atoms with Gasteiger partial charge in [-0.25, -0.2) is 4.98 Å². The molecule has 4 N–H and O–H groups in total. The van der Waals surface area contributed by atoms with Crippen LogP contribution in [0.3, 0.4) is 0 Å². The number of nitrogen functional groups attached to an aromatic ring is 1. The van der Waals surface area contributed by atoms with E-state index in [9.17, 15) is 15.2 Å². The molecule has 4 aromatic rings. The third-order valence-corrected chi connectivity index (χ3v) is 7.93. The predicted octanol–water partition coefficient (Wildman–Crippen LogP) is 4.49. The van der Waals surface area contributed by atoms with Gasteiger partial charge in [0, 0.05) is 62.5 Å². The first-order valence-electron chi connectivity index (χ1n) is 14.7. The molecule has 3 aromatic carbocycles. The molecule has 10 nitrogen and oxygen atoms in total. The number of phenols is 1. The summed E-state index contributed by atoms with van der Waals surface area (Å²) in [7, 11) is 0. The van der Waals surface area contributed by atoms with E-state index in [0.717, 1.165) is 44.2 Å². The van der Waals surface area contributed by atoms with E-state index < -0.39 is 0 Å². The predicted molar refractivity (Wildman–Crippen MR) is 168 cm³/mol. The molecule has 2 aliphatic heterocycles. The smallest absolute Gasteiger partial charge is 0.225 e. The molecular weight excluding hydrogens is 556 g/mol. The largest absolute Gasteiger partial charge is 0.507 e. The van der Waals surface area contributed by atoms with Gasteiger partial charge < -0.3 is 30.5 Å². The zero-order valence-corrected chi connectivity index (χ0v) is 24.3. The molecule has 10 heteroatoms. The molecule has 0 radical (unpaired) electrons. The Morgan fingerprint density at radius 2 is 1.70 bits per heavy atom. The van der Waals surface area contributed by atoms with Crippen LogP contribution in [0.2, 0.25) is 0 Å². The molecule has 44 heavy (non-hydrogen) atoms. The minimum Gasteiger partial charge on any atom is -0.507 e. The van der Waals surface area contributed by atoms with Crippen molar-refractivity contribution in [1.82, 2.24) is 14.8 Å². The van der Waals surface area contributed by atoms with Crippen LogP contribution in [0, 0.1) is 11.3 Å². The first-order chi connectivity index (χ1) is 21.5. The summed E-state index contributed by atoms with van der Waals surface area (Å²) in [4.78, 5) is 22.0. The summed E-state index contributed by atoms with van der Waals surface area (Å²) < 4.78 is 11.3. The number of nitrogens with zero attached hydrogens (tertiary/aromatic N) is 4. The Hall–Kier alpha value is -5.11. The molecule has 6 rings (SSSR count). The Morgan fingerprint density at radius 1 is 0.932 bits per heavy atom. The van der Waals surface area contributed by atoms with Gasteiger partial charge in [0.25, 0.3) is 0 Å². The van der Waals surface area contributed by atoms with Crippen molar-refractivity contribution in [2.45, 2.75) is 13.0 Å². The number of carbonyl (C=O) groups is 1. The van der Waals surface area contributed by atoms with Gasteiger partial charge >= 0.3 is 0 Å². The monoisotopic (exact) mass is 590 g/mol. The van der Waals surface area contributed by atoms with Gasteiger partial charge in [0.2, 0.25) is 5.91 Å². The maximum atomic E-state index is 12.9. The van der Waals surface area contributed by atoms with Crippen molar-refractivity contribution in [3.63, 3.8) is 0 Å². The number of aromatic nitrogens is 1. The van der Waals surface area contributed by atoms with Gasteiger partial charge in [-0.1, -0.05) is 30.3 Å². The number of ether oxygens (including phenoxy) is 2. The average molecular weight is 591 g/mol. The fourth-order valence-electron chi connectivity index (χ4n) is 5.60. The van der Waals surface area contributed by atoms with Crippen molar-refractivity contribution in [3.05, 3.63) is 83.9 Å². The van der Waals surface area contributed by atoms with Crippen molar-refractivity contribution >= 4 is 17.4 Å². The maximum Gasteiger partial charge on any atom is 0.225 e. The van der Waals surface area contributed by atoms with E-state index in [0.29, 0.717) is 54.3 Å². The summed E-state index contributed by atoms with van der Waals surface area (Å²) in [5, 5.41) is 23.1. The molecule has 0 bridgehead atoms. The van der Waals surface area contributed by atoms with E-state index in [4.69, 9.17) is 15.2 Å². The van der Waals surface area contributed by atoms with Gasteiger partial charge in [-0.15, -0.1) is 0 Å². The van der Waals surface area contributed by atoms with E-state index in [-0.39, 0.29) is 23.0 Å². The highest BCUT2D eigenvalue weighted by Crippen LogP contribution is 2.35. The van der Waals surface area contributed by atoms with Crippen molar-refractivity contribution in [2.24, 2.45) is 0 Å². The van der Waals surface area contributed by atoms with Crippen molar-refractivity contribution in [2.75, 3.05) is 57.0 Å². The number of hydrogen-bond donors (Lipinski definition) is 3. The van der Waals surface area contributed by atoms with Crippen LogP contribution >= 0.6 is 0 Å². The Morgan fingerprint density at radius 3 is 2.50 bits per heavy atom. The maximum absolute atomic E-state index is 12.9. The summed E-state index contributed by atoms with van der Waals surface area (Å²) >= 11 is 0. The molecule has 224 valence electrons. The first-order valence-corrected chi connectivity index (χ1v) is 14.7. The van der Waals surface area contributed by atoms with Crippen LogP contribution in [0.25, 0.3) is 22.4 Å². The van der Waals surface area contributed by atoms with Crippen molar-refractivity contribution in [3.8, 4) is 45.7 Å². The minimum absolute atomic E-state index is 0.0672. The second kappa shape index (κ2) is 13.0. The van der Waals surface area contributed by atoms with E-state index in [1.807, 2.05) is 30.3 Å². The Kier molecular flexibility index (Phi) is 8.59. The highest BCUT2D eigenvalue weighted by Gasteiger charge is 2.20. The van der Waals surface area contributed by atoms with E-state index in [2.05, 4.69) is 38.3 Å². The molecule has 1 fully saturated rings. The molecule has 0 aliphatic carbocycles. The normalized spacial score (nSPS) is 15.0. The van der Waals surface area contributed by atoms with Gasteiger partial charge in [-0.05, 0) is 53.6 Å². The van der Waals surface area contributed by atoms with Gasteiger partial charge in [-0.2, -0.15) is 5.26 Å². The van der Waals surface area contributed by atoms with Crippen LogP contribution < -0.4 is 20.5 Å². The summed E-state index contributed by atoms with van der Waals surface area (Å²) in [5.74, 6) is 1.69. The highest BCUT2D eigenvalue weighted by molar-refractivity contribution is 5.92. The minimum atomic E-state index is -0.0782. The number of nitrogens with two attached hydrogens (primary N) is 1. The number of amides is 1. The lowest BCUT2D eigenvalue weighted by Gasteiger charge is -2.34. The number of anilines is 2. The SMILES string of the molecule is N#Cc1c(-c2cccc(NC(=O)CCN3CCN(Cc4ccc5c(c4)OCCO5)CC3)c2)cc(-c2ccccc2O)nc1N. The summed E-state index contributed by atoms with van der Waals surface area (Å²) in [6, 6.07) is 24.2. The van der Waals surface area contributed by atoms with Gasteiger partial charge in [-0.3, -0.25) is 9.69 Å². The summed E-state index contributed by atoms with van der Waals surface area (Å²) in [5.41, 5.74) is 10.5. The number of phenolic OH excluding ortho intramolecular Hbond substituents is 1. The first kappa shape index (κ1) is 29.0. The molecule has 0 saturated carbocycles. The Labute approximate surface area is 256 Å². The summed E-state index contributed by atoms with van der Waals surface area (Å²) in [6.45, 7) is 6.34. The lowest BCUT2D eigenvalue weighted by Crippen LogP contribution is -2.46. The van der Waals surface area contributed by atoms with E-state index in [1.54, 1.807) is 30.3 Å². The zero-order chi connectivity index (χ0) is 30.5. The zero-order valence-electron chi connectivity index (χ0n) is 24.3. The quantitative estimate of drug-likeness (QED) is 0.271. The van der Waals surface area contributed by atoms with Gasteiger partial charge in [0.1, 0.15) is 36.4 Å². The number of fused-ring (bicyclic) bond motifs is 1. The molecule has 1 saturated heterocycles.